The Morgan fingerprint density at radius 3 is 2.56 bits per heavy atom. The molecule has 0 aliphatic heterocycles. The van der Waals surface area contributed by atoms with Gasteiger partial charge in [0.15, 0.2) is 5.69 Å². The standard InChI is InChI=1S/C19H17Cl.C9H5F3N2/c20-12-13-5-8-17-15(11-13)7-10-18-16-4-2-1-3-14(16)6-9-19(17)18;10-9(11,12)8-6-3-1-2-4-7(6)13-5-14-8/h2,4-5,7-8,10-11H,1,3,6,9,12H2;1-5H. The van der Waals surface area contributed by atoms with E-state index in [2.05, 4.69) is 52.5 Å². The number of aryl methyl sites for hydroxylation is 1. The number of allylic oxidation sites excluding steroid dienone is 4. The van der Waals surface area contributed by atoms with Crippen molar-refractivity contribution >= 4 is 38.8 Å². The predicted molar refractivity (Wildman–Crippen MR) is 132 cm³/mol. The van der Waals surface area contributed by atoms with Crippen molar-refractivity contribution in [3.05, 3.63) is 101 Å². The number of aromatic nitrogens is 2. The second kappa shape index (κ2) is 9.22. The maximum Gasteiger partial charge on any atom is 0.434 e. The molecule has 2 aliphatic carbocycles. The van der Waals surface area contributed by atoms with Gasteiger partial charge in [0, 0.05) is 11.3 Å². The van der Waals surface area contributed by atoms with Crippen LogP contribution in [-0.4, -0.2) is 9.97 Å². The summed E-state index contributed by atoms with van der Waals surface area (Å²) >= 11 is 5.95. The third-order valence-corrected chi connectivity index (χ3v) is 6.72. The fourth-order valence-electron chi connectivity index (χ4n) is 4.81. The van der Waals surface area contributed by atoms with Gasteiger partial charge in [-0.3, -0.25) is 0 Å². The summed E-state index contributed by atoms with van der Waals surface area (Å²) in [6.07, 6.45) is 6.00. The van der Waals surface area contributed by atoms with Gasteiger partial charge in [-0.15, -0.1) is 11.6 Å². The van der Waals surface area contributed by atoms with Gasteiger partial charge in [-0.1, -0.05) is 60.2 Å². The molecule has 0 fully saturated rings. The fraction of sp³-hybridized carbons (Fsp3) is 0.214. The van der Waals surface area contributed by atoms with E-state index in [0.29, 0.717) is 11.4 Å². The van der Waals surface area contributed by atoms with Crippen LogP contribution >= 0.6 is 11.6 Å². The molecule has 0 amide bonds. The van der Waals surface area contributed by atoms with E-state index >= 15 is 0 Å². The molecule has 34 heavy (non-hydrogen) atoms. The van der Waals surface area contributed by atoms with Gasteiger partial charge in [-0.05, 0) is 70.9 Å². The molecule has 0 N–H and O–H groups in total. The van der Waals surface area contributed by atoms with Gasteiger partial charge < -0.3 is 0 Å². The first-order valence-corrected chi connectivity index (χ1v) is 11.8. The zero-order valence-corrected chi connectivity index (χ0v) is 19.1. The lowest BCUT2D eigenvalue weighted by Gasteiger charge is -2.25. The highest BCUT2D eigenvalue weighted by Crippen LogP contribution is 2.40. The largest absolute Gasteiger partial charge is 0.434 e. The maximum absolute atomic E-state index is 12.4. The molecule has 1 heterocycles. The topological polar surface area (TPSA) is 25.8 Å². The second-order valence-electron chi connectivity index (χ2n) is 8.48. The van der Waals surface area contributed by atoms with Gasteiger partial charge in [-0.2, -0.15) is 13.2 Å². The number of hydrogen-bond donors (Lipinski definition) is 0. The Morgan fingerprint density at radius 1 is 0.882 bits per heavy atom. The van der Waals surface area contributed by atoms with Crippen LogP contribution in [0.5, 0.6) is 0 Å². The predicted octanol–water partition coefficient (Wildman–Crippen LogP) is 8.28. The Bertz CT molecular complexity index is 1430. The first-order valence-electron chi connectivity index (χ1n) is 11.2. The van der Waals surface area contributed by atoms with Crippen LogP contribution in [0.4, 0.5) is 13.2 Å². The number of nitrogens with zero attached hydrogens (tertiary/aromatic N) is 2. The smallest absolute Gasteiger partial charge is 0.236 e. The lowest BCUT2D eigenvalue weighted by molar-refractivity contribution is -0.139. The first kappa shape index (κ1) is 22.6. The molecule has 0 bridgehead atoms. The van der Waals surface area contributed by atoms with Crippen molar-refractivity contribution in [2.75, 3.05) is 0 Å². The van der Waals surface area contributed by atoms with Crippen molar-refractivity contribution in [3.63, 3.8) is 0 Å². The van der Waals surface area contributed by atoms with E-state index in [0.717, 1.165) is 6.33 Å². The number of halogens is 4. The normalized spacial score (nSPS) is 15.1. The third-order valence-electron chi connectivity index (χ3n) is 6.41. The van der Waals surface area contributed by atoms with Crippen LogP contribution in [0.15, 0.2) is 78.6 Å². The second-order valence-corrected chi connectivity index (χ2v) is 8.74. The summed E-state index contributed by atoms with van der Waals surface area (Å²) in [7, 11) is 0. The van der Waals surface area contributed by atoms with Crippen LogP contribution in [0.1, 0.15) is 41.6 Å². The van der Waals surface area contributed by atoms with Crippen molar-refractivity contribution in [2.24, 2.45) is 0 Å². The highest BCUT2D eigenvalue weighted by atomic mass is 35.5. The van der Waals surface area contributed by atoms with Gasteiger partial charge in [-0.25, -0.2) is 9.97 Å². The Balaban J connectivity index is 0.000000152. The van der Waals surface area contributed by atoms with Crippen molar-refractivity contribution in [1.82, 2.24) is 9.97 Å². The van der Waals surface area contributed by atoms with E-state index in [1.807, 2.05) is 0 Å². The summed E-state index contributed by atoms with van der Waals surface area (Å²) in [4.78, 5) is 6.99. The van der Waals surface area contributed by atoms with E-state index in [9.17, 15) is 13.2 Å². The number of rotatable bonds is 1. The Morgan fingerprint density at radius 2 is 1.74 bits per heavy atom. The minimum absolute atomic E-state index is 0.0301. The van der Waals surface area contributed by atoms with Gasteiger partial charge >= 0.3 is 6.18 Å². The molecule has 4 aromatic rings. The highest BCUT2D eigenvalue weighted by molar-refractivity contribution is 6.17. The average molecular weight is 479 g/mol. The number of benzene rings is 3. The minimum Gasteiger partial charge on any atom is -0.236 e. The molecule has 3 aromatic carbocycles. The number of fused-ring (bicyclic) bond motifs is 5. The molecule has 0 saturated carbocycles. The lowest BCUT2D eigenvalue weighted by atomic mass is 9.79. The van der Waals surface area contributed by atoms with Gasteiger partial charge in [0.25, 0.3) is 0 Å². The maximum atomic E-state index is 12.4. The van der Waals surface area contributed by atoms with Crippen molar-refractivity contribution < 1.29 is 13.2 Å². The number of alkyl halides is 4. The molecule has 6 heteroatoms. The summed E-state index contributed by atoms with van der Waals surface area (Å²) in [5.41, 5.74) is 6.73. The third kappa shape index (κ3) is 4.32. The number of para-hydroxylation sites is 1. The average Bonchev–Trinajstić information content (AvgIpc) is 2.87. The Hall–Kier alpha value is -3.18. The summed E-state index contributed by atoms with van der Waals surface area (Å²) < 4.78 is 37.3. The van der Waals surface area contributed by atoms with Gasteiger partial charge in [0.1, 0.15) is 6.33 Å². The molecule has 172 valence electrons. The molecule has 6 rings (SSSR count). The lowest BCUT2D eigenvalue weighted by Crippen LogP contribution is -2.08. The fourth-order valence-corrected chi connectivity index (χ4v) is 4.97. The summed E-state index contributed by atoms with van der Waals surface area (Å²) in [5, 5.41) is 2.76. The van der Waals surface area contributed by atoms with E-state index in [-0.39, 0.29) is 5.39 Å². The van der Waals surface area contributed by atoms with E-state index in [4.69, 9.17) is 11.6 Å². The Kier molecular flexibility index (Phi) is 6.13. The van der Waals surface area contributed by atoms with Gasteiger partial charge in [0.05, 0.1) is 5.52 Å². The zero-order chi connectivity index (χ0) is 23.7. The molecule has 0 radical (unpaired) electrons. The molecule has 2 aliphatic rings. The van der Waals surface area contributed by atoms with E-state index in [1.165, 1.54) is 76.9 Å². The van der Waals surface area contributed by atoms with Crippen LogP contribution in [0, 0.1) is 0 Å². The molecular weight excluding hydrogens is 457 g/mol. The first-order chi connectivity index (χ1) is 16.5. The van der Waals surface area contributed by atoms with Crippen molar-refractivity contribution in [1.29, 1.82) is 0 Å². The molecular formula is C28H22ClF3N2. The molecule has 1 aromatic heterocycles. The zero-order valence-electron chi connectivity index (χ0n) is 18.4. The van der Waals surface area contributed by atoms with Crippen LogP contribution < -0.4 is 0 Å². The molecule has 0 atom stereocenters. The summed E-state index contributed by atoms with van der Waals surface area (Å²) in [6, 6.07) is 17.2. The Labute approximate surface area is 200 Å². The summed E-state index contributed by atoms with van der Waals surface area (Å²) in [5.74, 6) is 0.588. The number of hydrogen-bond acceptors (Lipinski definition) is 2. The van der Waals surface area contributed by atoms with E-state index < -0.39 is 11.9 Å². The van der Waals surface area contributed by atoms with Crippen LogP contribution in [-0.2, 0) is 18.5 Å². The molecule has 2 nitrogen and oxygen atoms in total. The molecule has 0 spiro atoms. The molecule has 0 unspecified atom stereocenters. The van der Waals surface area contributed by atoms with E-state index in [1.54, 1.807) is 11.6 Å². The van der Waals surface area contributed by atoms with Crippen LogP contribution in [0.25, 0.3) is 27.2 Å². The van der Waals surface area contributed by atoms with Crippen molar-refractivity contribution in [3.8, 4) is 0 Å². The minimum atomic E-state index is -4.43. The summed E-state index contributed by atoms with van der Waals surface area (Å²) in [6.45, 7) is 0. The monoisotopic (exact) mass is 478 g/mol. The van der Waals surface area contributed by atoms with Crippen molar-refractivity contribution in [2.45, 2.75) is 37.7 Å². The SMILES string of the molecule is ClCc1ccc2c3c(ccc2c1)C1=C(CCC=C1)CC3.FC(F)(F)c1ncnc2ccccc12. The van der Waals surface area contributed by atoms with Crippen LogP contribution in [0.3, 0.4) is 0 Å². The van der Waals surface area contributed by atoms with Gasteiger partial charge in [0.2, 0.25) is 0 Å². The van der Waals surface area contributed by atoms with Crippen LogP contribution in [0.2, 0.25) is 0 Å². The highest BCUT2D eigenvalue weighted by Gasteiger charge is 2.34. The quantitative estimate of drug-likeness (QED) is 0.257. The molecule has 0 saturated heterocycles.